The molecule has 3 aromatic rings. The Hall–Kier alpha value is -3.59. The quantitative estimate of drug-likeness (QED) is 0.643. The number of amides is 1. The van der Waals surface area contributed by atoms with Gasteiger partial charge in [0.15, 0.2) is 11.5 Å². The highest BCUT2D eigenvalue weighted by Gasteiger charge is 2.39. The van der Waals surface area contributed by atoms with Crippen LogP contribution in [0.25, 0.3) is 0 Å². The molecule has 1 N–H and O–H groups in total. The minimum absolute atomic E-state index is 0.243. The first-order valence-corrected chi connectivity index (χ1v) is 11.1. The van der Waals surface area contributed by atoms with Gasteiger partial charge in [-0.15, -0.1) is 10.2 Å². The highest BCUT2D eigenvalue weighted by molar-refractivity contribution is 6.01. The Balaban J connectivity index is 1.12. The predicted molar refractivity (Wildman–Crippen MR) is 119 cm³/mol. The number of fused-ring (bicyclic) bond motifs is 3. The first-order valence-electron chi connectivity index (χ1n) is 11.1. The van der Waals surface area contributed by atoms with E-state index >= 15 is 0 Å². The minimum atomic E-state index is -0.243. The summed E-state index contributed by atoms with van der Waals surface area (Å²) < 4.78 is 18.1. The number of anilines is 1. The van der Waals surface area contributed by atoms with E-state index in [9.17, 15) is 4.79 Å². The van der Waals surface area contributed by atoms with Crippen LogP contribution in [0.15, 0.2) is 42.5 Å². The smallest absolute Gasteiger partial charge is 0.293 e. The number of nitrogens with zero attached hydrogens (tertiary/aromatic N) is 4. The number of rotatable bonds is 5. The molecule has 0 bridgehead atoms. The second-order valence-corrected chi connectivity index (χ2v) is 8.84. The molecule has 33 heavy (non-hydrogen) atoms. The molecule has 9 heteroatoms. The van der Waals surface area contributed by atoms with Crippen LogP contribution in [0.1, 0.15) is 22.0 Å². The Morgan fingerprint density at radius 2 is 1.88 bits per heavy atom. The average molecular weight is 447 g/mol. The summed E-state index contributed by atoms with van der Waals surface area (Å²) in [6.45, 7) is 3.92. The molecule has 1 saturated heterocycles. The van der Waals surface area contributed by atoms with Gasteiger partial charge in [-0.2, -0.15) is 0 Å². The molecular formula is C24H25N5O4. The van der Waals surface area contributed by atoms with Gasteiger partial charge in [-0.05, 0) is 53.8 Å². The van der Waals surface area contributed by atoms with Crippen LogP contribution in [0.4, 0.5) is 5.69 Å². The van der Waals surface area contributed by atoms with E-state index in [-0.39, 0.29) is 5.91 Å². The molecule has 3 aliphatic heterocycles. The monoisotopic (exact) mass is 447 g/mol. The second kappa shape index (κ2) is 8.08. The number of hydrogen-bond donors (Lipinski definition) is 1. The molecule has 2 atom stereocenters. The maximum Gasteiger partial charge on any atom is 0.293 e. The van der Waals surface area contributed by atoms with Crippen LogP contribution < -0.4 is 19.5 Å². The van der Waals surface area contributed by atoms with Crippen LogP contribution in [-0.2, 0) is 19.5 Å². The molecule has 0 saturated carbocycles. The number of aromatic nitrogens is 3. The van der Waals surface area contributed by atoms with Crippen molar-refractivity contribution in [3.8, 4) is 17.2 Å². The highest BCUT2D eigenvalue weighted by atomic mass is 16.7. The van der Waals surface area contributed by atoms with Gasteiger partial charge in [0, 0.05) is 38.3 Å². The number of likely N-dealkylation sites (tertiary alicyclic amines) is 1. The number of methoxy groups -OCH3 is 1. The first kappa shape index (κ1) is 20.0. The van der Waals surface area contributed by atoms with Crippen LogP contribution in [0, 0.1) is 11.8 Å². The van der Waals surface area contributed by atoms with Crippen molar-refractivity contribution in [2.75, 3.05) is 32.3 Å². The lowest BCUT2D eigenvalue weighted by molar-refractivity contribution is 0.100. The fraction of sp³-hybridized carbons (Fsp3) is 0.375. The molecule has 3 aliphatic rings. The number of carbonyl (C=O) groups excluding carboxylic acids is 1. The number of nitrogens with one attached hydrogen (secondary N) is 1. The Labute approximate surface area is 191 Å². The van der Waals surface area contributed by atoms with E-state index in [2.05, 4.69) is 32.5 Å². The maximum atomic E-state index is 12.9. The third-order valence-corrected chi connectivity index (χ3v) is 6.74. The van der Waals surface area contributed by atoms with Gasteiger partial charge < -0.3 is 24.1 Å². The maximum absolute atomic E-state index is 12.9. The summed E-state index contributed by atoms with van der Waals surface area (Å²) in [7, 11) is 1.61. The van der Waals surface area contributed by atoms with Crippen LogP contribution in [0.5, 0.6) is 17.2 Å². The van der Waals surface area contributed by atoms with Crippen molar-refractivity contribution >= 4 is 11.6 Å². The fourth-order valence-electron chi connectivity index (χ4n) is 5.08. The lowest BCUT2D eigenvalue weighted by atomic mass is 9.89. The van der Waals surface area contributed by atoms with Gasteiger partial charge in [0.1, 0.15) is 11.6 Å². The normalized spacial score (nSPS) is 20.9. The zero-order valence-corrected chi connectivity index (χ0v) is 18.4. The molecule has 2 aromatic carbocycles. The molecule has 6 rings (SSSR count). The molecule has 9 nitrogen and oxygen atoms in total. The third-order valence-electron chi connectivity index (χ3n) is 6.74. The summed E-state index contributed by atoms with van der Waals surface area (Å²) in [6.07, 6.45) is 0.838. The van der Waals surface area contributed by atoms with Gasteiger partial charge in [0.2, 0.25) is 12.6 Å². The van der Waals surface area contributed by atoms with E-state index in [1.807, 2.05) is 34.9 Å². The largest absolute Gasteiger partial charge is 0.497 e. The van der Waals surface area contributed by atoms with Crippen LogP contribution >= 0.6 is 0 Å². The van der Waals surface area contributed by atoms with Gasteiger partial charge >= 0.3 is 0 Å². The fourth-order valence-corrected chi connectivity index (χ4v) is 5.08. The van der Waals surface area contributed by atoms with Crippen molar-refractivity contribution in [2.24, 2.45) is 11.8 Å². The van der Waals surface area contributed by atoms with Gasteiger partial charge in [-0.3, -0.25) is 9.69 Å². The molecule has 1 amide bonds. The molecular weight excluding hydrogens is 422 g/mol. The Bertz CT molecular complexity index is 1190. The molecule has 0 unspecified atom stereocenters. The SMILES string of the molecule is COc1ccc(NC(=O)c2nnc3n2C[C@H]2CN(Cc4ccc5c(c4)OCO5)C[C@@H]2C3)cc1. The lowest BCUT2D eigenvalue weighted by Gasteiger charge is -2.25. The highest BCUT2D eigenvalue weighted by Crippen LogP contribution is 2.36. The van der Waals surface area contributed by atoms with Crippen LogP contribution in [0.3, 0.4) is 0 Å². The van der Waals surface area contributed by atoms with E-state index in [0.717, 1.165) is 55.7 Å². The average Bonchev–Trinajstić information content (AvgIpc) is 3.55. The molecule has 1 aromatic heterocycles. The van der Waals surface area contributed by atoms with Gasteiger partial charge in [-0.1, -0.05) is 6.07 Å². The summed E-state index contributed by atoms with van der Waals surface area (Å²) in [5.41, 5.74) is 1.92. The number of ether oxygens (including phenoxy) is 3. The van der Waals surface area contributed by atoms with Gasteiger partial charge in [0.05, 0.1) is 7.11 Å². The molecule has 170 valence electrons. The molecule has 0 radical (unpaired) electrons. The summed E-state index contributed by atoms with van der Waals surface area (Å²) in [5.74, 6) is 4.38. The van der Waals surface area contributed by atoms with E-state index < -0.39 is 0 Å². The molecule has 0 aliphatic carbocycles. The van der Waals surface area contributed by atoms with E-state index in [0.29, 0.717) is 30.1 Å². The Morgan fingerprint density at radius 3 is 2.73 bits per heavy atom. The van der Waals surface area contributed by atoms with Gasteiger partial charge in [-0.25, -0.2) is 0 Å². The lowest BCUT2D eigenvalue weighted by Crippen LogP contribution is -2.31. The summed E-state index contributed by atoms with van der Waals surface area (Å²) in [5, 5.41) is 11.5. The number of benzene rings is 2. The van der Waals surface area contributed by atoms with Crippen LogP contribution in [0.2, 0.25) is 0 Å². The Kier molecular flexibility index (Phi) is 4.91. The van der Waals surface area contributed by atoms with Crippen molar-refractivity contribution in [2.45, 2.75) is 19.5 Å². The minimum Gasteiger partial charge on any atom is -0.497 e. The zero-order valence-electron chi connectivity index (χ0n) is 18.4. The first-order chi connectivity index (χ1) is 16.2. The van der Waals surface area contributed by atoms with Crippen molar-refractivity contribution in [3.05, 3.63) is 59.7 Å². The third kappa shape index (κ3) is 3.78. The predicted octanol–water partition coefficient (Wildman–Crippen LogP) is 2.57. The molecule has 4 heterocycles. The number of carbonyl (C=O) groups is 1. The summed E-state index contributed by atoms with van der Waals surface area (Å²) in [6, 6.07) is 13.4. The van der Waals surface area contributed by atoms with Gasteiger partial charge in [0.25, 0.3) is 5.91 Å². The van der Waals surface area contributed by atoms with E-state index in [4.69, 9.17) is 14.2 Å². The topological polar surface area (TPSA) is 90.7 Å². The Morgan fingerprint density at radius 1 is 1.06 bits per heavy atom. The van der Waals surface area contributed by atoms with Crippen molar-refractivity contribution in [3.63, 3.8) is 0 Å². The standard InChI is InChI=1S/C24H25N5O4/c1-31-19-5-3-18(4-6-19)25-24(30)23-27-26-22-9-16-11-28(12-17(16)13-29(22)23)10-15-2-7-20-21(8-15)33-14-32-20/h2-8,16-17H,9-14H2,1H3,(H,25,30)/t16-,17+/m0/s1. The zero-order chi connectivity index (χ0) is 22.4. The van der Waals surface area contributed by atoms with E-state index in [1.54, 1.807) is 7.11 Å². The summed E-state index contributed by atoms with van der Waals surface area (Å²) >= 11 is 0. The molecule has 0 spiro atoms. The van der Waals surface area contributed by atoms with Crippen molar-refractivity contribution in [1.82, 2.24) is 19.7 Å². The second-order valence-electron chi connectivity index (χ2n) is 8.84. The van der Waals surface area contributed by atoms with Crippen molar-refractivity contribution < 1.29 is 19.0 Å². The molecule has 1 fully saturated rings. The van der Waals surface area contributed by atoms with Crippen molar-refractivity contribution in [1.29, 1.82) is 0 Å². The summed E-state index contributed by atoms with van der Waals surface area (Å²) in [4.78, 5) is 15.4. The van der Waals surface area contributed by atoms with Crippen LogP contribution in [-0.4, -0.2) is 52.6 Å². The number of hydrogen-bond acceptors (Lipinski definition) is 7. The van der Waals surface area contributed by atoms with E-state index in [1.165, 1.54) is 5.56 Å².